The smallest absolute Gasteiger partial charge is 0.0698 e. The number of hydrogen-bond acceptors (Lipinski definition) is 2. The second-order valence-corrected chi connectivity index (χ2v) is 6.14. The molecular formula is C13H22BrN3. The Morgan fingerprint density at radius 2 is 2.24 bits per heavy atom. The van der Waals surface area contributed by atoms with Gasteiger partial charge in [0.25, 0.3) is 0 Å². The van der Waals surface area contributed by atoms with Crippen LogP contribution in [0.5, 0.6) is 0 Å². The normalized spacial score (nSPS) is 18.4. The average Bonchev–Trinajstić information content (AvgIpc) is 2.60. The molecule has 0 saturated heterocycles. The van der Waals surface area contributed by atoms with Crippen LogP contribution in [-0.2, 0) is 0 Å². The first-order chi connectivity index (χ1) is 8.13. The summed E-state index contributed by atoms with van der Waals surface area (Å²) in [6.07, 6.45) is 7.34. The van der Waals surface area contributed by atoms with Gasteiger partial charge < -0.3 is 5.32 Å². The van der Waals surface area contributed by atoms with Gasteiger partial charge in [-0.25, -0.2) is 0 Å². The van der Waals surface area contributed by atoms with Crippen molar-refractivity contribution in [1.29, 1.82) is 0 Å². The summed E-state index contributed by atoms with van der Waals surface area (Å²) >= 11 is 3.63. The molecule has 0 amide bonds. The molecule has 96 valence electrons. The maximum atomic E-state index is 4.47. The number of nitrogens with zero attached hydrogens (tertiary/aromatic N) is 2. The zero-order valence-corrected chi connectivity index (χ0v) is 12.5. The van der Waals surface area contributed by atoms with Gasteiger partial charge in [0.2, 0.25) is 0 Å². The Morgan fingerprint density at radius 3 is 2.71 bits per heavy atom. The van der Waals surface area contributed by atoms with E-state index in [4.69, 9.17) is 0 Å². The predicted molar refractivity (Wildman–Crippen MR) is 74.1 cm³/mol. The molecule has 3 nitrogen and oxygen atoms in total. The molecule has 1 atom stereocenters. The van der Waals surface area contributed by atoms with E-state index < -0.39 is 0 Å². The molecule has 1 aromatic rings. The summed E-state index contributed by atoms with van der Waals surface area (Å²) in [6, 6.07) is 0.827. The Balaban J connectivity index is 2.19. The van der Waals surface area contributed by atoms with Crippen molar-refractivity contribution in [2.45, 2.75) is 51.6 Å². The fraction of sp³-hybridized carbons (Fsp3) is 0.769. The number of nitrogens with one attached hydrogen (secondary N) is 1. The molecule has 2 rings (SSSR count). The lowest BCUT2D eigenvalue weighted by molar-refractivity contribution is 0.259. The first-order valence-electron chi connectivity index (χ1n) is 6.53. The monoisotopic (exact) mass is 299 g/mol. The fourth-order valence-electron chi connectivity index (χ4n) is 2.52. The molecule has 1 heterocycles. The third-order valence-corrected chi connectivity index (χ3v) is 4.36. The predicted octanol–water partition coefficient (Wildman–Crippen LogP) is 3.68. The first-order valence-corrected chi connectivity index (χ1v) is 7.33. The summed E-state index contributed by atoms with van der Waals surface area (Å²) in [5.74, 6) is 0.898. The lowest BCUT2D eigenvalue weighted by Crippen LogP contribution is -2.26. The van der Waals surface area contributed by atoms with Crippen LogP contribution in [0.15, 0.2) is 10.7 Å². The average molecular weight is 300 g/mol. The van der Waals surface area contributed by atoms with Gasteiger partial charge in [-0.3, -0.25) is 4.68 Å². The summed E-state index contributed by atoms with van der Waals surface area (Å²) in [5, 5.41) is 7.91. The highest BCUT2D eigenvalue weighted by Crippen LogP contribution is 2.37. The Hall–Kier alpha value is -0.350. The Kier molecular flexibility index (Phi) is 4.26. The minimum absolute atomic E-state index is 0.411. The molecule has 1 aromatic heterocycles. The van der Waals surface area contributed by atoms with Crippen LogP contribution >= 0.6 is 15.9 Å². The number of halogens is 1. The van der Waals surface area contributed by atoms with Gasteiger partial charge in [-0.05, 0) is 49.2 Å². The fourth-order valence-corrected chi connectivity index (χ4v) is 3.07. The van der Waals surface area contributed by atoms with Gasteiger partial charge in [0, 0.05) is 6.04 Å². The molecule has 1 saturated carbocycles. The van der Waals surface area contributed by atoms with E-state index >= 15 is 0 Å². The first kappa shape index (κ1) is 13.1. The van der Waals surface area contributed by atoms with Gasteiger partial charge in [0.1, 0.15) is 0 Å². The van der Waals surface area contributed by atoms with E-state index in [9.17, 15) is 0 Å². The maximum Gasteiger partial charge on any atom is 0.0698 e. The van der Waals surface area contributed by atoms with Gasteiger partial charge in [-0.1, -0.05) is 19.3 Å². The molecule has 0 aromatic carbocycles. The lowest BCUT2D eigenvalue weighted by Gasteiger charge is -2.30. The minimum Gasteiger partial charge on any atom is -0.312 e. The van der Waals surface area contributed by atoms with Crippen LogP contribution < -0.4 is 5.32 Å². The van der Waals surface area contributed by atoms with E-state index in [1.165, 1.54) is 31.4 Å². The van der Waals surface area contributed by atoms with E-state index in [0.717, 1.165) is 10.4 Å². The molecular weight excluding hydrogens is 278 g/mol. The summed E-state index contributed by atoms with van der Waals surface area (Å²) in [5.41, 5.74) is 1.30. The molecule has 1 N–H and O–H groups in total. The summed E-state index contributed by atoms with van der Waals surface area (Å²) in [6.45, 7) is 4.36. The van der Waals surface area contributed by atoms with E-state index in [2.05, 4.69) is 44.9 Å². The molecule has 17 heavy (non-hydrogen) atoms. The van der Waals surface area contributed by atoms with Crippen LogP contribution in [0.1, 0.15) is 57.3 Å². The van der Waals surface area contributed by atoms with Crippen molar-refractivity contribution >= 4 is 15.9 Å². The van der Waals surface area contributed by atoms with E-state index in [1.807, 2.05) is 13.2 Å². The van der Waals surface area contributed by atoms with Crippen LogP contribution in [0, 0.1) is 5.92 Å². The molecule has 1 fully saturated rings. The van der Waals surface area contributed by atoms with Crippen molar-refractivity contribution in [3.8, 4) is 0 Å². The number of aromatic nitrogens is 2. The van der Waals surface area contributed by atoms with Crippen LogP contribution in [0.25, 0.3) is 0 Å². The van der Waals surface area contributed by atoms with Crippen molar-refractivity contribution < 1.29 is 0 Å². The Bertz CT molecular complexity index is 369. The molecule has 0 aliphatic heterocycles. The zero-order valence-electron chi connectivity index (χ0n) is 10.9. The van der Waals surface area contributed by atoms with E-state index in [1.54, 1.807) is 0 Å². The summed E-state index contributed by atoms with van der Waals surface area (Å²) in [7, 11) is 2.05. The van der Waals surface area contributed by atoms with Crippen molar-refractivity contribution in [2.24, 2.45) is 5.92 Å². The van der Waals surface area contributed by atoms with Crippen LogP contribution in [0.3, 0.4) is 0 Å². The Labute approximate surface area is 112 Å². The van der Waals surface area contributed by atoms with Crippen LogP contribution in [0.2, 0.25) is 0 Å². The largest absolute Gasteiger partial charge is 0.312 e. The second kappa shape index (κ2) is 5.53. The number of hydrogen-bond donors (Lipinski definition) is 1. The molecule has 0 spiro atoms. The van der Waals surface area contributed by atoms with Crippen molar-refractivity contribution in [3.63, 3.8) is 0 Å². The third kappa shape index (κ3) is 2.74. The summed E-state index contributed by atoms with van der Waals surface area (Å²) in [4.78, 5) is 0. The van der Waals surface area contributed by atoms with Gasteiger partial charge in [0.05, 0.1) is 22.4 Å². The van der Waals surface area contributed by atoms with Gasteiger partial charge >= 0.3 is 0 Å². The molecule has 1 unspecified atom stereocenters. The van der Waals surface area contributed by atoms with Gasteiger partial charge in [0.15, 0.2) is 0 Å². The zero-order chi connectivity index (χ0) is 12.4. The molecule has 0 radical (unpaired) electrons. The van der Waals surface area contributed by atoms with Crippen molar-refractivity contribution in [2.75, 3.05) is 7.05 Å². The highest BCUT2D eigenvalue weighted by molar-refractivity contribution is 9.10. The van der Waals surface area contributed by atoms with E-state index in [-0.39, 0.29) is 0 Å². The van der Waals surface area contributed by atoms with Gasteiger partial charge in [-0.2, -0.15) is 5.10 Å². The topological polar surface area (TPSA) is 29.9 Å². The van der Waals surface area contributed by atoms with Gasteiger partial charge in [-0.15, -0.1) is 0 Å². The van der Waals surface area contributed by atoms with Crippen LogP contribution in [0.4, 0.5) is 0 Å². The third-order valence-electron chi connectivity index (χ3n) is 3.75. The van der Waals surface area contributed by atoms with E-state index in [0.29, 0.717) is 12.1 Å². The minimum atomic E-state index is 0.411. The molecule has 0 bridgehead atoms. The maximum absolute atomic E-state index is 4.47. The molecule has 1 aliphatic carbocycles. The number of rotatable bonds is 5. The molecule has 4 heteroatoms. The van der Waals surface area contributed by atoms with Crippen molar-refractivity contribution in [3.05, 3.63) is 16.4 Å². The van der Waals surface area contributed by atoms with Crippen LogP contribution in [-0.4, -0.2) is 16.8 Å². The highest BCUT2D eigenvalue weighted by Gasteiger charge is 2.26. The second-order valence-electron chi connectivity index (χ2n) is 5.29. The Morgan fingerprint density at radius 1 is 1.53 bits per heavy atom. The summed E-state index contributed by atoms with van der Waals surface area (Å²) < 4.78 is 3.26. The standard InChI is InChI=1S/C13H22BrN3/c1-9(2)17-13(11(14)8-16-17)12(15-3)7-10-5-4-6-10/h8-10,12,15H,4-7H2,1-3H3. The SMILES string of the molecule is CNC(CC1CCC1)c1c(Br)cnn1C(C)C. The molecule has 1 aliphatic rings. The quantitative estimate of drug-likeness (QED) is 0.899. The lowest BCUT2D eigenvalue weighted by atomic mass is 9.80. The highest BCUT2D eigenvalue weighted by atomic mass is 79.9. The van der Waals surface area contributed by atoms with Crippen molar-refractivity contribution in [1.82, 2.24) is 15.1 Å².